The topological polar surface area (TPSA) is 36.6 Å². The Kier molecular flexibility index (Phi) is 3.66. The average molecular weight is 223 g/mol. The molecule has 0 radical (unpaired) electrons. The van der Waals surface area contributed by atoms with Gasteiger partial charge in [0, 0.05) is 6.04 Å². The Morgan fingerprint density at radius 3 is 2.81 bits per heavy atom. The van der Waals surface area contributed by atoms with Gasteiger partial charge in [0.05, 0.1) is 6.54 Å². The van der Waals surface area contributed by atoms with Crippen LogP contribution in [0.5, 0.6) is 0 Å². The van der Waals surface area contributed by atoms with Crippen LogP contribution in [-0.4, -0.2) is 22.6 Å². The summed E-state index contributed by atoms with van der Waals surface area (Å²) in [6, 6.07) is 4.45. The molecule has 0 bridgehead atoms. The zero-order valence-corrected chi connectivity index (χ0v) is 10.1. The minimum Gasteiger partial charge on any atom is -0.462 e. The van der Waals surface area contributed by atoms with E-state index in [4.69, 9.17) is 9.52 Å². The summed E-state index contributed by atoms with van der Waals surface area (Å²) in [4.78, 5) is 2.47. The number of likely N-dealkylation sites (tertiary alicyclic amines) is 1. The predicted molar refractivity (Wildman–Crippen MR) is 62.9 cm³/mol. The van der Waals surface area contributed by atoms with E-state index in [0.29, 0.717) is 11.8 Å². The Morgan fingerprint density at radius 2 is 2.12 bits per heavy atom. The maximum Gasteiger partial charge on any atom is 0.129 e. The first-order chi connectivity index (χ1) is 7.70. The first kappa shape index (κ1) is 11.7. The van der Waals surface area contributed by atoms with Crippen molar-refractivity contribution in [3.8, 4) is 0 Å². The van der Waals surface area contributed by atoms with Crippen molar-refractivity contribution in [2.24, 2.45) is 5.92 Å². The van der Waals surface area contributed by atoms with Crippen molar-refractivity contribution in [1.29, 1.82) is 0 Å². The van der Waals surface area contributed by atoms with Gasteiger partial charge in [0.25, 0.3) is 0 Å². The van der Waals surface area contributed by atoms with Crippen LogP contribution in [0.4, 0.5) is 0 Å². The minimum absolute atomic E-state index is 0.00798. The number of aliphatic hydroxyl groups is 1. The Morgan fingerprint density at radius 1 is 1.38 bits per heavy atom. The average Bonchev–Trinajstić information content (AvgIpc) is 2.73. The van der Waals surface area contributed by atoms with Crippen molar-refractivity contribution in [3.05, 3.63) is 23.7 Å². The molecular weight excluding hydrogens is 202 g/mol. The molecule has 1 aromatic rings. The van der Waals surface area contributed by atoms with Gasteiger partial charge < -0.3 is 9.52 Å². The number of aliphatic hydroxyl groups excluding tert-OH is 1. The molecule has 0 aromatic carbocycles. The number of nitrogens with zero attached hydrogens (tertiary/aromatic N) is 1. The van der Waals surface area contributed by atoms with Crippen molar-refractivity contribution < 1.29 is 9.52 Å². The second-order valence-corrected chi connectivity index (χ2v) is 4.86. The molecule has 2 unspecified atom stereocenters. The summed E-state index contributed by atoms with van der Waals surface area (Å²) in [5, 5.41) is 8.94. The molecule has 0 amide bonds. The third kappa shape index (κ3) is 2.47. The molecular formula is C13H21NO2. The zero-order valence-electron chi connectivity index (χ0n) is 10.1. The van der Waals surface area contributed by atoms with E-state index in [0.717, 1.165) is 24.8 Å². The summed E-state index contributed by atoms with van der Waals surface area (Å²) in [5.74, 6) is 2.39. The van der Waals surface area contributed by atoms with Gasteiger partial charge in [-0.1, -0.05) is 6.92 Å². The lowest BCUT2D eigenvalue weighted by Crippen LogP contribution is -2.41. The van der Waals surface area contributed by atoms with Crippen LogP contribution in [0.2, 0.25) is 0 Å². The Bertz CT molecular complexity index is 334. The molecule has 3 heteroatoms. The van der Waals surface area contributed by atoms with Gasteiger partial charge in [-0.3, -0.25) is 4.90 Å². The molecule has 3 nitrogen and oxygen atoms in total. The van der Waals surface area contributed by atoms with Crippen LogP contribution in [0.1, 0.15) is 38.2 Å². The van der Waals surface area contributed by atoms with Crippen LogP contribution < -0.4 is 0 Å². The van der Waals surface area contributed by atoms with Crippen molar-refractivity contribution >= 4 is 0 Å². The third-order valence-electron chi connectivity index (χ3n) is 3.74. The SMILES string of the molecule is CC1CCCN(Cc2ccc(CO)o2)C1C. The number of piperidine rings is 1. The zero-order chi connectivity index (χ0) is 11.5. The molecule has 1 aliphatic rings. The summed E-state index contributed by atoms with van der Waals surface area (Å²) in [7, 11) is 0. The van der Waals surface area contributed by atoms with E-state index < -0.39 is 0 Å². The normalized spacial score (nSPS) is 27.2. The molecule has 2 heterocycles. The third-order valence-corrected chi connectivity index (χ3v) is 3.74. The lowest BCUT2D eigenvalue weighted by atomic mass is 9.92. The molecule has 16 heavy (non-hydrogen) atoms. The Labute approximate surface area is 97.1 Å². The molecule has 1 fully saturated rings. The highest BCUT2D eigenvalue weighted by atomic mass is 16.4. The second kappa shape index (κ2) is 5.02. The van der Waals surface area contributed by atoms with Gasteiger partial charge in [-0.15, -0.1) is 0 Å². The van der Waals surface area contributed by atoms with Crippen LogP contribution in [0, 0.1) is 5.92 Å². The van der Waals surface area contributed by atoms with Crippen LogP contribution in [0.15, 0.2) is 16.5 Å². The maximum atomic E-state index is 8.94. The number of furan rings is 1. The van der Waals surface area contributed by atoms with Gasteiger partial charge in [-0.25, -0.2) is 0 Å². The van der Waals surface area contributed by atoms with Gasteiger partial charge in [0.1, 0.15) is 18.1 Å². The monoisotopic (exact) mass is 223 g/mol. The standard InChI is InChI=1S/C13H21NO2/c1-10-4-3-7-14(11(10)2)8-12-5-6-13(9-15)16-12/h5-6,10-11,15H,3-4,7-9H2,1-2H3. The van der Waals surface area contributed by atoms with E-state index in [1.54, 1.807) is 0 Å². The van der Waals surface area contributed by atoms with E-state index in [1.807, 2.05) is 12.1 Å². The highest BCUT2D eigenvalue weighted by Crippen LogP contribution is 2.24. The molecule has 1 aromatic heterocycles. The van der Waals surface area contributed by atoms with Crippen molar-refractivity contribution in [2.75, 3.05) is 6.54 Å². The Hall–Kier alpha value is -0.800. The fourth-order valence-corrected chi connectivity index (χ4v) is 2.44. The summed E-state index contributed by atoms with van der Waals surface area (Å²) in [6.07, 6.45) is 2.61. The largest absolute Gasteiger partial charge is 0.462 e. The predicted octanol–water partition coefficient (Wildman–Crippen LogP) is 2.39. The summed E-state index contributed by atoms with van der Waals surface area (Å²) < 4.78 is 5.53. The lowest BCUT2D eigenvalue weighted by molar-refractivity contribution is 0.0972. The van der Waals surface area contributed by atoms with Crippen molar-refractivity contribution in [3.63, 3.8) is 0 Å². The van der Waals surface area contributed by atoms with E-state index >= 15 is 0 Å². The Balaban J connectivity index is 1.97. The lowest BCUT2D eigenvalue weighted by Gasteiger charge is -2.37. The summed E-state index contributed by atoms with van der Waals surface area (Å²) >= 11 is 0. The molecule has 0 aliphatic carbocycles. The first-order valence-corrected chi connectivity index (χ1v) is 6.13. The molecule has 1 aliphatic heterocycles. The van der Waals surface area contributed by atoms with Crippen LogP contribution in [0.3, 0.4) is 0 Å². The van der Waals surface area contributed by atoms with Crippen LogP contribution in [0.25, 0.3) is 0 Å². The highest BCUT2D eigenvalue weighted by Gasteiger charge is 2.25. The molecule has 2 atom stereocenters. The quantitative estimate of drug-likeness (QED) is 0.854. The van der Waals surface area contributed by atoms with E-state index in [-0.39, 0.29) is 6.61 Å². The number of hydrogen-bond donors (Lipinski definition) is 1. The van der Waals surface area contributed by atoms with Crippen molar-refractivity contribution in [1.82, 2.24) is 4.90 Å². The van der Waals surface area contributed by atoms with Gasteiger partial charge >= 0.3 is 0 Å². The maximum absolute atomic E-state index is 8.94. The second-order valence-electron chi connectivity index (χ2n) is 4.86. The van der Waals surface area contributed by atoms with Crippen LogP contribution in [-0.2, 0) is 13.2 Å². The number of rotatable bonds is 3. The molecule has 0 spiro atoms. The molecule has 2 rings (SSSR count). The molecule has 0 saturated carbocycles. The summed E-state index contributed by atoms with van der Waals surface area (Å²) in [6.45, 7) is 6.62. The van der Waals surface area contributed by atoms with E-state index in [9.17, 15) is 0 Å². The molecule has 1 N–H and O–H groups in total. The fraction of sp³-hybridized carbons (Fsp3) is 0.692. The smallest absolute Gasteiger partial charge is 0.129 e. The first-order valence-electron chi connectivity index (χ1n) is 6.13. The van der Waals surface area contributed by atoms with Gasteiger partial charge in [0.2, 0.25) is 0 Å². The van der Waals surface area contributed by atoms with Crippen LogP contribution >= 0.6 is 0 Å². The van der Waals surface area contributed by atoms with Gasteiger partial charge in [0.15, 0.2) is 0 Å². The minimum atomic E-state index is -0.00798. The number of hydrogen-bond acceptors (Lipinski definition) is 3. The molecule has 1 saturated heterocycles. The van der Waals surface area contributed by atoms with Gasteiger partial charge in [-0.2, -0.15) is 0 Å². The summed E-state index contributed by atoms with van der Waals surface area (Å²) in [5.41, 5.74) is 0. The van der Waals surface area contributed by atoms with E-state index in [1.165, 1.54) is 12.8 Å². The van der Waals surface area contributed by atoms with Gasteiger partial charge in [-0.05, 0) is 44.4 Å². The van der Waals surface area contributed by atoms with Crippen molar-refractivity contribution in [2.45, 2.75) is 45.9 Å². The van der Waals surface area contributed by atoms with E-state index in [2.05, 4.69) is 18.7 Å². The fourth-order valence-electron chi connectivity index (χ4n) is 2.44. The molecule has 90 valence electrons. The highest BCUT2D eigenvalue weighted by molar-refractivity contribution is 5.06.